The number of benzene rings is 1. The Hall–Kier alpha value is -1.26. The molecule has 0 aromatic heterocycles. The molecule has 92 valence electrons. The SMILES string of the molecule is Oc1ccc(Cl)cc1/C=N/OC1CCCCO1. The zero-order valence-corrected chi connectivity index (χ0v) is 10.1. The van der Waals surface area contributed by atoms with Gasteiger partial charge in [-0.05, 0) is 31.0 Å². The highest BCUT2D eigenvalue weighted by molar-refractivity contribution is 6.30. The van der Waals surface area contributed by atoms with Crippen molar-refractivity contribution in [3.8, 4) is 5.75 Å². The molecule has 0 bridgehead atoms. The van der Waals surface area contributed by atoms with Gasteiger partial charge in [0.1, 0.15) is 5.75 Å². The molecule has 2 rings (SSSR count). The quantitative estimate of drug-likeness (QED) is 0.667. The van der Waals surface area contributed by atoms with Crippen LogP contribution in [0.5, 0.6) is 5.75 Å². The molecule has 4 nitrogen and oxygen atoms in total. The molecule has 1 saturated heterocycles. The molecular formula is C12H14ClNO3. The predicted molar refractivity (Wildman–Crippen MR) is 65.4 cm³/mol. The fraction of sp³-hybridized carbons (Fsp3) is 0.417. The maximum atomic E-state index is 9.54. The largest absolute Gasteiger partial charge is 0.507 e. The number of aromatic hydroxyl groups is 1. The van der Waals surface area contributed by atoms with Crippen LogP contribution in [0, 0.1) is 0 Å². The van der Waals surface area contributed by atoms with Crippen molar-refractivity contribution in [2.75, 3.05) is 6.61 Å². The molecule has 1 N–H and O–H groups in total. The Morgan fingerprint density at radius 3 is 3.12 bits per heavy atom. The van der Waals surface area contributed by atoms with E-state index in [2.05, 4.69) is 5.16 Å². The number of halogens is 1. The van der Waals surface area contributed by atoms with Gasteiger partial charge in [0.2, 0.25) is 6.29 Å². The predicted octanol–water partition coefficient (Wildman–Crippen LogP) is 2.92. The Morgan fingerprint density at radius 2 is 2.35 bits per heavy atom. The van der Waals surface area contributed by atoms with Gasteiger partial charge in [-0.3, -0.25) is 0 Å². The first-order valence-electron chi connectivity index (χ1n) is 5.55. The van der Waals surface area contributed by atoms with Crippen molar-refractivity contribution in [3.63, 3.8) is 0 Å². The van der Waals surface area contributed by atoms with Crippen LogP contribution < -0.4 is 0 Å². The first kappa shape index (κ1) is 12.2. The summed E-state index contributed by atoms with van der Waals surface area (Å²) in [5.74, 6) is 0.117. The van der Waals surface area contributed by atoms with Gasteiger partial charge in [0.05, 0.1) is 12.8 Å². The minimum atomic E-state index is -0.277. The molecule has 1 aromatic rings. The van der Waals surface area contributed by atoms with Gasteiger partial charge in [0, 0.05) is 17.0 Å². The molecule has 0 spiro atoms. The van der Waals surface area contributed by atoms with Gasteiger partial charge in [0.25, 0.3) is 0 Å². The Labute approximate surface area is 105 Å². The van der Waals surface area contributed by atoms with Crippen molar-refractivity contribution < 1.29 is 14.7 Å². The summed E-state index contributed by atoms with van der Waals surface area (Å²) >= 11 is 5.81. The first-order chi connectivity index (χ1) is 8.25. The molecule has 0 amide bonds. The van der Waals surface area contributed by atoms with Gasteiger partial charge >= 0.3 is 0 Å². The van der Waals surface area contributed by atoms with Gasteiger partial charge in [-0.2, -0.15) is 0 Å². The van der Waals surface area contributed by atoms with Crippen LogP contribution in [0.4, 0.5) is 0 Å². The minimum absolute atomic E-state index is 0.117. The second kappa shape index (κ2) is 5.89. The summed E-state index contributed by atoms with van der Waals surface area (Å²) in [6.45, 7) is 0.711. The maximum absolute atomic E-state index is 9.54. The minimum Gasteiger partial charge on any atom is -0.507 e. The number of hydrogen-bond donors (Lipinski definition) is 1. The zero-order chi connectivity index (χ0) is 12.1. The Kier molecular flexibility index (Phi) is 4.23. The van der Waals surface area contributed by atoms with Crippen molar-refractivity contribution in [2.45, 2.75) is 25.6 Å². The molecule has 1 fully saturated rings. The lowest BCUT2D eigenvalue weighted by Crippen LogP contribution is -2.20. The van der Waals surface area contributed by atoms with Crippen molar-refractivity contribution in [3.05, 3.63) is 28.8 Å². The van der Waals surface area contributed by atoms with Crippen LogP contribution in [-0.4, -0.2) is 24.2 Å². The van der Waals surface area contributed by atoms with Crippen molar-refractivity contribution >= 4 is 17.8 Å². The van der Waals surface area contributed by atoms with E-state index >= 15 is 0 Å². The Balaban J connectivity index is 1.92. The topological polar surface area (TPSA) is 51.1 Å². The van der Waals surface area contributed by atoms with Crippen LogP contribution in [0.3, 0.4) is 0 Å². The summed E-state index contributed by atoms with van der Waals surface area (Å²) in [5, 5.41) is 13.9. The van der Waals surface area contributed by atoms with Gasteiger partial charge in [-0.15, -0.1) is 0 Å². The van der Waals surface area contributed by atoms with Gasteiger partial charge < -0.3 is 14.7 Å². The highest BCUT2D eigenvalue weighted by atomic mass is 35.5. The summed E-state index contributed by atoms with van der Waals surface area (Å²) in [7, 11) is 0. The molecule has 1 aliphatic heterocycles. The van der Waals surface area contributed by atoms with E-state index in [1.165, 1.54) is 12.3 Å². The number of oxime groups is 1. The lowest BCUT2D eigenvalue weighted by molar-refractivity contribution is -0.161. The summed E-state index contributed by atoms with van der Waals surface area (Å²) in [6.07, 6.45) is 4.15. The third-order valence-corrected chi connectivity index (χ3v) is 2.73. The monoisotopic (exact) mass is 255 g/mol. The van der Waals surface area contributed by atoms with Crippen LogP contribution in [0.15, 0.2) is 23.4 Å². The highest BCUT2D eigenvalue weighted by Gasteiger charge is 2.14. The lowest BCUT2D eigenvalue weighted by atomic mass is 10.2. The van der Waals surface area contributed by atoms with Crippen molar-refractivity contribution in [1.82, 2.24) is 0 Å². The summed E-state index contributed by atoms with van der Waals surface area (Å²) in [4.78, 5) is 5.17. The van der Waals surface area contributed by atoms with E-state index in [9.17, 15) is 5.11 Å². The Morgan fingerprint density at radius 1 is 1.47 bits per heavy atom. The van der Waals surface area contributed by atoms with Crippen molar-refractivity contribution in [2.24, 2.45) is 5.16 Å². The lowest BCUT2D eigenvalue weighted by Gasteiger charge is -2.19. The molecular weight excluding hydrogens is 242 g/mol. The highest BCUT2D eigenvalue weighted by Crippen LogP contribution is 2.20. The number of phenolic OH excluding ortho intramolecular Hbond substituents is 1. The molecule has 0 saturated carbocycles. The number of ether oxygens (including phenoxy) is 1. The van der Waals surface area contributed by atoms with Crippen molar-refractivity contribution in [1.29, 1.82) is 0 Å². The molecule has 17 heavy (non-hydrogen) atoms. The average Bonchev–Trinajstić information content (AvgIpc) is 2.35. The fourth-order valence-corrected chi connectivity index (χ4v) is 1.76. The third kappa shape index (κ3) is 3.61. The number of phenols is 1. The molecule has 1 aliphatic rings. The van der Waals surface area contributed by atoms with Crippen LogP contribution >= 0.6 is 11.6 Å². The number of rotatable bonds is 3. The van der Waals surface area contributed by atoms with E-state index in [0.29, 0.717) is 17.2 Å². The molecule has 1 unspecified atom stereocenters. The molecule has 1 aromatic carbocycles. The fourth-order valence-electron chi connectivity index (χ4n) is 1.58. The second-order valence-corrected chi connectivity index (χ2v) is 4.28. The van der Waals surface area contributed by atoms with Gasteiger partial charge in [-0.25, -0.2) is 0 Å². The van der Waals surface area contributed by atoms with E-state index < -0.39 is 0 Å². The summed E-state index contributed by atoms with van der Waals surface area (Å²) in [5.41, 5.74) is 0.522. The summed E-state index contributed by atoms with van der Waals surface area (Å²) < 4.78 is 5.35. The van der Waals surface area contributed by atoms with Crippen LogP contribution in [0.25, 0.3) is 0 Å². The standard InChI is InChI=1S/C12H14ClNO3/c13-10-4-5-11(15)9(7-10)8-14-17-12-3-1-2-6-16-12/h4-5,7-8,12,15H,1-3,6H2/b14-8+. The molecule has 5 heteroatoms. The van der Waals surface area contributed by atoms with E-state index in [4.69, 9.17) is 21.2 Å². The van der Waals surface area contributed by atoms with E-state index in [-0.39, 0.29) is 12.0 Å². The second-order valence-electron chi connectivity index (χ2n) is 3.84. The normalized spacial score (nSPS) is 20.6. The molecule has 1 heterocycles. The van der Waals surface area contributed by atoms with E-state index in [0.717, 1.165) is 19.3 Å². The molecule has 1 atom stereocenters. The summed E-state index contributed by atoms with van der Waals surface area (Å²) in [6, 6.07) is 4.74. The smallest absolute Gasteiger partial charge is 0.226 e. The average molecular weight is 256 g/mol. The van der Waals surface area contributed by atoms with Gasteiger partial charge in [-0.1, -0.05) is 16.8 Å². The Bertz CT molecular complexity index is 403. The maximum Gasteiger partial charge on any atom is 0.226 e. The molecule has 0 radical (unpaired) electrons. The number of nitrogens with zero attached hydrogens (tertiary/aromatic N) is 1. The van der Waals surface area contributed by atoms with Crippen LogP contribution in [0.1, 0.15) is 24.8 Å². The van der Waals surface area contributed by atoms with Crippen LogP contribution in [-0.2, 0) is 9.57 Å². The van der Waals surface area contributed by atoms with Crippen LogP contribution in [0.2, 0.25) is 5.02 Å². The van der Waals surface area contributed by atoms with E-state index in [1.807, 2.05) is 0 Å². The van der Waals surface area contributed by atoms with E-state index in [1.54, 1.807) is 12.1 Å². The zero-order valence-electron chi connectivity index (χ0n) is 9.30. The number of hydrogen-bond acceptors (Lipinski definition) is 4. The third-order valence-electron chi connectivity index (χ3n) is 2.50. The first-order valence-corrected chi connectivity index (χ1v) is 5.93. The van der Waals surface area contributed by atoms with Gasteiger partial charge in [0.15, 0.2) is 0 Å². The molecule has 0 aliphatic carbocycles.